The van der Waals surface area contributed by atoms with Gasteiger partial charge < -0.3 is 9.73 Å². The fourth-order valence-corrected chi connectivity index (χ4v) is 1.87. The van der Waals surface area contributed by atoms with Crippen LogP contribution >= 0.6 is 27.5 Å². The lowest BCUT2D eigenvalue weighted by Gasteiger charge is -2.03. The summed E-state index contributed by atoms with van der Waals surface area (Å²) >= 11 is 8.90. The van der Waals surface area contributed by atoms with Crippen LogP contribution in [0.4, 0.5) is 5.69 Å². The van der Waals surface area contributed by atoms with Crippen LogP contribution in [0.1, 0.15) is 5.76 Å². The van der Waals surface area contributed by atoms with Gasteiger partial charge in [-0.1, -0.05) is 11.6 Å². The van der Waals surface area contributed by atoms with Gasteiger partial charge in [-0.25, -0.2) is 0 Å². The summed E-state index contributed by atoms with van der Waals surface area (Å²) in [5.74, 6) is -0.0953. The second-order valence-corrected chi connectivity index (χ2v) is 4.99. The second-order valence-electron chi connectivity index (χ2n) is 3.77. The van der Waals surface area contributed by atoms with E-state index >= 15 is 0 Å². The minimum atomic E-state index is -0.512. The number of furan rings is 1. The number of anilines is 1. The van der Waals surface area contributed by atoms with Crippen molar-refractivity contribution in [2.75, 3.05) is 5.32 Å². The number of nitrogens with one attached hydrogen (secondary N) is 1. The van der Waals surface area contributed by atoms with E-state index < -0.39 is 5.91 Å². The lowest BCUT2D eigenvalue weighted by Crippen LogP contribution is -2.13. The van der Waals surface area contributed by atoms with Gasteiger partial charge in [0, 0.05) is 16.8 Å². The monoisotopic (exact) mass is 350 g/mol. The van der Waals surface area contributed by atoms with Gasteiger partial charge in [-0.15, -0.1) is 0 Å². The van der Waals surface area contributed by atoms with Gasteiger partial charge in [0.25, 0.3) is 5.91 Å². The molecule has 0 unspecified atom stereocenters. The first-order chi connectivity index (χ1) is 9.58. The maximum atomic E-state index is 12.0. The second kappa shape index (κ2) is 6.42. The van der Waals surface area contributed by atoms with E-state index in [9.17, 15) is 4.79 Å². The number of nitrogens with zero attached hydrogens (tertiary/aromatic N) is 1. The quantitative estimate of drug-likeness (QED) is 0.664. The van der Waals surface area contributed by atoms with Crippen molar-refractivity contribution in [2.24, 2.45) is 0 Å². The summed E-state index contributed by atoms with van der Waals surface area (Å²) < 4.78 is 5.75. The van der Waals surface area contributed by atoms with Gasteiger partial charge in [-0.2, -0.15) is 5.26 Å². The SMILES string of the molecule is N#C/C(=C/c1ccc(Br)o1)C(=O)Nc1ccc(Cl)cc1. The zero-order valence-corrected chi connectivity index (χ0v) is 12.4. The molecule has 0 aliphatic rings. The zero-order valence-electron chi connectivity index (χ0n) is 10.1. The summed E-state index contributed by atoms with van der Waals surface area (Å²) in [5, 5.41) is 12.2. The van der Waals surface area contributed by atoms with Gasteiger partial charge >= 0.3 is 0 Å². The molecule has 0 atom stereocenters. The molecule has 0 saturated carbocycles. The van der Waals surface area contributed by atoms with E-state index in [0.29, 0.717) is 21.1 Å². The Morgan fingerprint density at radius 3 is 2.55 bits per heavy atom. The number of amides is 1. The lowest BCUT2D eigenvalue weighted by molar-refractivity contribution is -0.112. The lowest BCUT2D eigenvalue weighted by atomic mass is 10.2. The third-order valence-corrected chi connectivity index (χ3v) is 3.03. The third kappa shape index (κ3) is 3.73. The van der Waals surface area contributed by atoms with Crippen molar-refractivity contribution < 1.29 is 9.21 Å². The predicted molar refractivity (Wildman–Crippen MR) is 80.1 cm³/mol. The minimum Gasteiger partial charge on any atom is -0.450 e. The Balaban J connectivity index is 2.16. The number of carbonyl (C=O) groups excluding carboxylic acids is 1. The van der Waals surface area contributed by atoms with Crippen molar-refractivity contribution in [3.63, 3.8) is 0 Å². The maximum Gasteiger partial charge on any atom is 0.266 e. The fourth-order valence-electron chi connectivity index (χ4n) is 1.43. The summed E-state index contributed by atoms with van der Waals surface area (Å²) in [6, 6.07) is 11.8. The molecular formula is C14H8BrClN2O2. The highest BCUT2D eigenvalue weighted by atomic mass is 79.9. The average Bonchev–Trinajstić information content (AvgIpc) is 2.84. The van der Waals surface area contributed by atoms with Crippen molar-refractivity contribution in [3.8, 4) is 6.07 Å². The molecule has 100 valence electrons. The van der Waals surface area contributed by atoms with Crippen LogP contribution in [-0.4, -0.2) is 5.91 Å². The van der Waals surface area contributed by atoms with Crippen molar-refractivity contribution >= 4 is 45.2 Å². The standard InChI is InChI=1S/C14H8BrClN2O2/c15-13-6-5-12(20-13)7-9(8-17)14(19)18-11-3-1-10(16)2-4-11/h1-7H,(H,18,19)/b9-7-. The fraction of sp³-hybridized carbons (Fsp3) is 0. The summed E-state index contributed by atoms with van der Waals surface area (Å²) in [5.41, 5.74) is 0.503. The average molecular weight is 352 g/mol. The molecule has 1 heterocycles. The molecule has 0 spiro atoms. The molecule has 0 aliphatic carbocycles. The van der Waals surface area contributed by atoms with E-state index in [-0.39, 0.29) is 5.57 Å². The molecule has 1 N–H and O–H groups in total. The minimum absolute atomic E-state index is 0.0539. The molecule has 0 radical (unpaired) electrons. The topological polar surface area (TPSA) is 66.0 Å². The molecule has 0 saturated heterocycles. The van der Waals surface area contributed by atoms with Crippen LogP contribution < -0.4 is 5.32 Å². The third-order valence-electron chi connectivity index (χ3n) is 2.35. The first kappa shape index (κ1) is 14.4. The van der Waals surface area contributed by atoms with Gasteiger partial charge in [0.15, 0.2) is 4.67 Å². The first-order valence-corrected chi connectivity index (χ1v) is 6.69. The number of hydrogen-bond acceptors (Lipinski definition) is 3. The highest BCUT2D eigenvalue weighted by molar-refractivity contribution is 9.10. The van der Waals surface area contributed by atoms with Gasteiger partial charge in [-0.3, -0.25) is 4.79 Å². The normalized spacial score (nSPS) is 10.9. The number of carbonyl (C=O) groups is 1. The highest BCUT2D eigenvalue weighted by Gasteiger charge is 2.10. The molecular weight excluding hydrogens is 344 g/mol. The largest absolute Gasteiger partial charge is 0.450 e. The Morgan fingerprint density at radius 1 is 1.30 bits per heavy atom. The van der Waals surface area contributed by atoms with Crippen molar-refractivity contribution in [1.29, 1.82) is 5.26 Å². The molecule has 1 amide bonds. The number of hydrogen-bond donors (Lipinski definition) is 1. The van der Waals surface area contributed by atoms with Gasteiger partial charge in [0.1, 0.15) is 17.4 Å². The Morgan fingerprint density at radius 2 is 2.00 bits per heavy atom. The molecule has 4 nitrogen and oxygen atoms in total. The van der Waals surface area contributed by atoms with Gasteiger partial charge in [0.2, 0.25) is 0 Å². The van der Waals surface area contributed by atoms with Crippen LogP contribution in [0.2, 0.25) is 5.02 Å². The Labute approximate surface area is 128 Å². The van der Waals surface area contributed by atoms with E-state index in [4.69, 9.17) is 21.3 Å². The first-order valence-electron chi connectivity index (χ1n) is 5.52. The van der Waals surface area contributed by atoms with E-state index in [0.717, 1.165) is 0 Å². The molecule has 6 heteroatoms. The van der Waals surface area contributed by atoms with Crippen LogP contribution in [0.25, 0.3) is 6.08 Å². The smallest absolute Gasteiger partial charge is 0.266 e. The summed E-state index contributed by atoms with van der Waals surface area (Å²) in [4.78, 5) is 12.0. The van der Waals surface area contributed by atoms with E-state index in [1.807, 2.05) is 6.07 Å². The van der Waals surface area contributed by atoms with Crippen LogP contribution in [0.15, 0.2) is 51.1 Å². The number of rotatable bonds is 3. The molecule has 0 bridgehead atoms. The van der Waals surface area contributed by atoms with Gasteiger partial charge in [0.05, 0.1) is 0 Å². The summed E-state index contributed by atoms with van der Waals surface area (Å²) in [7, 11) is 0. The van der Waals surface area contributed by atoms with Crippen LogP contribution in [-0.2, 0) is 4.79 Å². The zero-order chi connectivity index (χ0) is 14.5. The number of benzene rings is 1. The summed E-state index contributed by atoms with van der Waals surface area (Å²) in [6.45, 7) is 0. The Bertz CT molecular complexity index is 699. The Hall–Kier alpha value is -2.03. The van der Waals surface area contributed by atoms with Crippen molar-refractivity contribution in [2.45, 2.75) is 0 Å². The van der Waals surface area contributed by atoms with E-state index in [2.05, 4.69) is 21.2 Å². The Kier molecular flexibility index (Phi) is 4.61. The molecule has 1 aromatic carbocycles. The molecule has 1 aromatic heterocycles. The molecule has 0 fully saturated rings. The molecule has 2 aromatic rings. The highest BCUT2D eigenvalue weighted by Crippen LogP contribution is 2.18. The van der Waals surface area contributed by atoms with E-state index in [1.165, 1.54) is 6.08 Å². The maximum absolute atomic E-state index is 12.0. The van der Waals surface area contributed by atoms with Gasteiger partial charge in [-0.05, 0) is 52.3 Å². The van der Waals surface area contributed by atoms with E-state index in [1.54, 1.807) is 36.4 Å². The van der Waals surface area contributed by atoms with Crippen LogP contribution in [0, 0.1) is 11.3 Å². The molecule has 0 aliphatic heterocycles. The van der Waals surface area contributed by atoms with Crippen molar-refractivity contribution in [1.82, 2.24) is 0 Å². The number of halogens is 2. The molecule has 20 heavy (non-hydrogen) atoms. The molecule has 2 rings (SSSR count). The predicted octanol–water partition coefficient (Wildman–Crippen LogP) is 4.24. The number of nitriles is 1. The summed E-state index contributed by atoms with van der Waals surface area (Å²) in [6.07, 6.45) is 1.37. The van der Waals surface area contributed by atoms with Crippen LogP contribution in [0.5, 0.6) is 0 Å². The van der Waals surface area contributed by atoms with Crippen molar-refractivity contribution in [3.05, 3.63) is 57.4 Å². The van der Waals surface area contributed by atoms with Crippen LogP contribution in [0.3, 0.4) is 0 Å².